The summed E-state index contributed by atoms with van der Waals surface area (Å²) in [7, 11) is 1.10. The second-order valence-electron chi connectivity index (χ2n) is 3.10. The fraction of sp³-hybridized carbons (Fsp3) is 0.200. The lowest BCUT2D eigenvalue weighted by atomic mass is 10.0. The number of carbonyl (C=O) groups excluding carboxylic acids is 1. The number of nitriles is 1. The zero-order chi connectivity index (χ0) is 13.0. The molecule has 0 amide bonds. The Morgan fingerprint density at radius 2 is 2.29 bits per heavy atom. The van der Waals surface area contributed by atoms with Crippen LogP contribution in [-0.4, -0.2) is 18.0 Å². The van der Waals surface area contributed by atoms with E-state index in [0.717, 1.165) is 7.11 Å². The van der Waals surface area contributed by atoms with Gasteiger partial charge in [-0.15, -0.1) is 0 Å². The molecule has 1 rings (SSSR count). The van der Waals surface area contributed by atoms with Crippen LogP contribution in [-0.2, 0) is 11.3 Å². The number of ether oxygens (including phenoxy) is 1. The van der Waals surface area contributed by atoms with Crippen molar-refractivity contribution in [1.29, 1.82) is 5.26 Å². The Labute approximate surface area is 96.6 Å². The van der Waals surface area contributed by atoms with Crippen molar-refractivity contribution in [2.24, 2.45) is 5.73 Å². The summed E-state index contributed by atoms with van der Waals surface area (Å²) in [6.07, 6.45) is 0. The van der Waals surface area contributed by atoms with Gasteiger partial charge in [0.05, 0.1) is 12.0 Å². The molecule has 0 fully saturated rings. The molecule has 7 heteroatoms. The molecular formula is C10H9N3O4. The van der Waals surface area contributed by atoms with Crippen molar-refractivity contribution < 1.29 is 14.5 Å². The number of hydrogen-bond acceptors (Lipinski definition) is 6. The Balaban J connectivity index is 3.59. The molecule has 0 unspecified atom stereocenters. The first-order valence-electron chi connectivity index (χ1n) is 4.55. The first-order chi connectivity index (χ1) is 8.04. The van der Waals surface area contributed by atoms with Crippen LogP contribution in [0.15, 0.2) is 12.1 Å². The van der Waals surface area contributed by atoms with E-state index in [9.17, 15) is 14.9 Å². The molecule has 7 nitrogen and oxygen atoms in total. The van der Waals surface area contributed by atoms with Gasteiger partial charge in [-0.2, -0.15) is 5.26 Å². The fourth-order valence-electron chi connectivity index (χ4n) is 1.36. The first kappa shape index (κ1) is 12.6. The van der Waals surface area contributed by atoms with E-state index in [1.54, 1.807) is 6.07 Å². The zero-order valence-corrected chi connectivity index (χ0v) is 8.97. The van der Waals surface area contributed by atoms with Crippen LogP contribution < -0.4 is 5.73 Å². The lowest BCUT2D eigenvalue weighted by molar-refractivity contribution is -0.385. The van der Waals surface area contributed by atoms with Gasteiger partial charge in [0, 0.05) is 6.54 Å². The molecule has 0 aliphatic carbocycles. The van der Waals surface area contributed by atoms with Gasteiger partial charge in [-0.3, -0.25) is 10.1 Å². The van der Waals surface area contributed by atoms with Crippen LogP contribution in [0.4, 0.5) is 5.69 Å². The maximum absolute atomic E-state index is 11.4. The summed E-state index contributed by atoms with van der Waals surface area (Å²) in [5, 5.41) is 19.7. The fourth-order valence-corrected chi connectivity index (χ4v) is 1.36. The summed E-state index contributed by atoms with van der Waals surface area (Å²) < 4.78 is 4.43. The summed E-state index contributed by atoms with van der Waals surface area (Å²) in [5.74, 6) is -0.872. The Kier molecular flexibility index (Phi) is 3.74. The zero-order valence-electron chi connectivity index (χ0n) is 8.97. The van der Waals surface area contributed by atoms with Crippen LogP contribution >= 0.6 is 0 Å². The minimum atomic E-state index is -0.872. The van der Waals surface area contributed by atoms with E-state index in [1.165, 1.54) is 12.1 Å². The predicted octanol–water partition coefficient (Wildman–Crippen LogP) is 0.712. The maximum atomic E-state index is 11.4. The van der Waals surface area contributed by atoms with E-state index in [4.69, 9.17) is 11.0 Å². The van der Waals surface area contributed by atoms with Crippen molar-refractivity contribution in [2.75, 3.05) is 7.11 Å². The highest BCUT2D eigenvalue weighted by Crippen LogP contribution is 2.25. The molecule has 0 heterocycles. The number of benzene rings is 1. The molecule has 17 heavy (non-hydrogen) atoms. The van der Waals surface area contributed by atoms with Crippen LogP contribution in [0.2, 0.25) is 0 Å². The van der Waals surface area contributed by atoms with E-state index in [-0.39, 0.29) is 17.7 Å². The normalized spacial score (nSPS) is 9.47. The number of esters is 1. The topological polar surface area (TPSA) is 119 Å². The van der Waals surface area contributed by atoms with E-state index in [1.807, 2.05) is 0 Å². The minimum absolute atomic E-state index is 0.0661. The van der Waals surface area contributed by atoms with Gasteiger partial charge in [0.15, 0.2) is 0 Å². The number of carbonyl (C=O) groups is 1. The van der Waals surface area contributed by atoms with Crippen molar-refractivity contribution in [3.05, 3.63) is 38.9 Å². The van der Waals surface area contributed by atoms with Crippen molar-refractivity contribution in [2.45, 2.75) is 6.54 Å². The second-order valence-corrected chi connectivity index (χ2v) is 3.10. The standard InChI is InChI=1S/C10H9N3O4/c1-17-10(14)8-3-6(4-11)2-7(5-12)9(8)13(15)16/h2-3H,4,11H2,1H3. The summed E-state index contributed by atoms with van der Waals surface area (Å²) in [6, 6.07) is 4.20. The van der Waals surface area contributed by atoms with Crippen LogP contribution in [0.25, 0.3) is 0 Å². The maximum Gasteiger partial charge on any atom is 0.344 e. The Morgan fingerprint density at radius 3 is 2.71 bits per heavy atom. The van der Waals surface area contributed by atoms with Crippen LogP contribution in [0.5, 0.6) is 0 Å². The molecule has 0 bridgehead atoms. The van der Waals surface area contributed by atoms with Crippen molar-refractivity contribution in [3.63, 3.8) is 0 Å². The Bertz CT molecular complexity index is 519. The average molecular weight is 235 g/mol. The van der Waals surface area contributed by atoms with E-state index < -0.39 is 16.6 Å². The van der Waals surface area contributed by atoms with Crippen LogP contribution in [0.3, 0.4) is 0 Å². The lowest BCUT2D eigenvalue weighted by Crippen LogP contribution is -2.09. The number of nitro groups is 1. The molecule has 0 radical (unpaired) electrons. The second kappa shape index (κ2) is 5.05. The van der Waals surface area contributed by atoms with E-state index in [0.29, 0.717) is 5.56 Å². The Hall–Kier alpha value is -2.46. The molecule has 2 N–H and O–H groups in total. The molecule has 1 aromatic carbocycles. The summed E-state index contributed by atoms with van der Waals surface area (Å²) >= 11 is 0. The summed E-state index contributed by atoms with van der Waals surface area (Å²) in [5.41, 5.74) is 4.79. The molecule has 0 aromatic heterocycles. The molecule has 0 spiro atoms. The number of nitrogens with zero attached hydrogens (tertiary/aromatic N) is 2. The van der Waals surface area contributed by atoms with Gasteiger partial charge in [0.1, 0.15) is 17.2 Å². The quantitative estimate of drug-likeness (QED) is 0.468. The lowest BCUT2D eigenvalue weighted by Gasteiger charge is -2.05. The summed E-state index contributed by atoms with van der Waals surface area (Å²) in [6.45, 7) is 0.0661. The third kappa shape index (κ3) is 2.38. The van der Waals surface area contributed by atoms with Gasteiger partial charge in [-0.05, 0) is 17.7 Å². The van der Waals surface area contributed by atoms with Crippen molar-refractivity contribution in [3.8, 4) is 6.07 Å². The van der Waals surface area contributed by atoms with Crippen LogP contribution in [0.1, 0.15) is 21.5 Å². The summed E-state index contributed by atoms with van der Waals surface area (Å²) in [4.78, 5) is 21.4. The molecule has 0 aliphatic heterocycles. The first-order valence-corrected chi connectivity index (χ1v) is 4.55. The largest absolute Gasteiger partial charge is 0.465 e. The smallest absolute Gasteiger partial charge is 0.344 e. The highest BCUT2D eigenvalue weighted by Gasteiger charge is 2.26. The van der Waals surface area contributed by atoms with Gasteiger partial charge in [0.25, 0.3) is 0 Å². The number of nitro benzene ring substituents is 1. The molecular weight excluding hydrogens is 226 g/mol. The van der Waals surface area contributed by atoms with Gasteiger partial charge in [-0.25, -0.2) is 4.79 Å². The highest BCUT2D eigenvalue weighted by atomic mass is 16.6. The van der Waals surface area contributed by atoms with Crippen LogP contribution in [0, 0.1) is 21.4 Å². The molecule has 0 saturated heterocycles. The molecule has 88 valence electrons. The molecule has 0 atom stereocenters. The van der Waals surface area contributed by atoms with E-state index in [2.05, 4.69) is 4.74 Å². The SMILES string of the molecule is COC(=O)c1cc(CN)cc(C#N)c1[N+](=O)[O-]. The predicted molar refractivity (Wildman–Crippen MR) is 57.0 cm³/mol. The third-order valence-corrected chi connectivity index (χ3v) is 2.11. The molecule has 0 saturated carbocycles. The number of hydrogen-bond donors (Lipinski definition) is 1. The number of rotatable bonds is 3. The number of methoxy groups -OCH3 is 1. The molecule has 1 aromatic rings. The van der Waals surface area contributed by atoms with Gasteiger partial charge >= 0.3 is 11.7 Å². The van der Waals surface area contributed by atoms with Gasteiger partial charge < -0.3 is 10.5 Å². The van der Waals surface area contributed by atoms with Crippen molar-refractivity contribution in [1.82, 2.24) is 0 Å². The third-order valence-electron chi connectivity index (χ3n) is 2.11. The van der Waals surface area contributed by atoms with Gasteiger partial charge in [-0.1, -0.05) is 0 Å². The minimum Gasteiger partial charge on any atom is -0.465 e. The average Bonchev–Trinajstić information content (AvgIpc) is 2.35. The molecule has 0 aliphatic rings. The van der Waals surface area contributed by atoms with E-state index >= 15 is 0 Å². The van der Waals surface area contributed by atoms with Gasteiger partial charge in [0.2, 0.25) is 0 Å². The Morgan fingerprint density at radius 1 is 1.65 bits per heavy atom. The van der Waals surface area contributed by atoms with Crippen molar-refractivity contribution >= 4 is 11.7 Å². The monoisotopic (exact) mass is 235 g/mol. The highest BCUT2D eigenvalue weighted by molar-refractivity contribution is 5.95. The number of nitrogens with two attached hydrogens (primary N) is 1.